The maximum Gasteiger partial charge on any atom is 0.203 e. The van der Waals surface area contributed by atoms with E-state index in [2.05, 4.69) is 25.5 Å². The number of aromatic nitrogens is 5. The minimum atomic E-state index is 0.0527. The Balaban J connectivity index is 1.93. The fourth-order valence-corrected chi connectivity index (χ4v) is 1.95. The Labute approximate surface area is 110 Å². The lowest BCUT2D eigenvalue weighted by molar-refractivity contribution is 0.830. The lowest BCUT2D eigenvalue weighted by Gasteiger charge is -2.13. The summed E-state index contributed by atoms with van der Waals surface area (Å²) in [4.78, 5) is 8.65. The van der Waals surface area contributed by atoms with Gasteiger partial charge in [0.25, 0.3) is 0 Å². The topological polar surface area (TPSA) is 68.0 Å². The highest BCUT2D eigenvalue weighted by molar-refractivity contribution is 5.62. The molecule has 0 radical (unpaired) electrons. The van der Waals surface area contributed by atoms with Gasteiger partial charge in [0.1, 0.15) is 5.82 Å². The van der Waals surface area contributed by atoms with Gasteiger partial charge in [0, 0.05) is 18.6 Å². The predicted molar refractivity (Wildman–Crippen MR) is 71.8 cm³/mol. The van der Waals surface area contributed by atoms with Gasteiger partial charge < -0.3 is 5.32 Å². The predicted octanol–water partition coefficient (Wildman–Crippen LogP) is 2.00. The lowest BCUT2D eigenvalue weighted by Crippen LogP contribution is -2.10. The van der Waals surface area contributed by atoms with Gasteiger partial charge >= 0.3 is 0 Å². The third kappa shape index (κ3) is 2.12. The van der Waals surface area contributed by atoms with E-state index in [0.29, 0.717) is 5.82 Å². The average molecular weight is 254 g/mol. The molecular formula is C13H14N6. The van der Waals surface area contributed by atoms with Gasteiger partial charge in [0.05, 0.1) is 11.7 Å². The Hall–Kier alpha value is -2.50. The van der Waals surface area contributed by atoms with Crippen LogP contribution in [0.2, 0.25) is 0 Å². The molecular weight excluding hydrogens is 240 g/mol. The van der Waals surface area contributed by atoms with Crippen LogP contribution in [-0.2, 0) is 0 Å². The van der Waals surface area contributed by atoms with Crippen molar-refractivity contribution in [2.75, 3.05) is 5.32 Å². The molecule has 0 saturated carbocycles. The van der Waals surface area contributed by atoms with Gasteiger partial charge in [-0.15, -0.1) is 10.2 Å². The fraction of sp³-hybridized carbons (Fsp3) is 0.231. The maximum absolute atomic E-state index is 4.33. The number of aryl methyl sites for hydroxylation is 1. The molecule has 0 aromatic carbocycles. The van der Waals surface area contributed by atoms with Crippen LogP contribution < -0.4 is 5.32 Å². The first kappa shape index (κ1) is 11.6. The standard InChI is InChI=1S/C13H14N6/c1-9(11-5-3-4-6-14-11)16-12-13-18-17-10(2)19(13)8-7-15-12/h3-9H,1-2H3,(H,15,16). The van der Waals surface area contributed by atoms with Crippen LogP contribution in [0.25, 0.3) is 5.65 Å². The van der Waals surface area contributed by atoms with Crippen molar-refractivity contribution in [3.05, 3.63) is 48.3 Å². The smallest absolute Gasteiger partial charge is 0.203 e. The van der Waals surface area contributed by atoms with E-state index in [9.17, 15) is 0 Å². The van der Waals surface area contributed by atoms with Gasteiger partial charge in [0.2, 0.25) is 5.65 Å². The highest BCUT2D eigenvalue weighted by Gasteiger charge is 2.12. The molecule has 19 heavy (non-hydrogen) atoms. The van der Waals surface area contributed by atoms with E-state index in [0.717, 1.165) is 17.2 Å². The number of pyridine rings is 1. The summed E-state index contributed by atoms with van der Waals surface area (Å²) in [5.41, 5.74) is 1.69. The van der Waals surface area contributed by atoms with E-state index in [1.807, 2.05) is 42.6 Å². The summed E-state index contributed by atoms with van der Waals surface area (Å²) < 4.78 is 1.90. The summed E-state index contributed by atoms with van der Waals surface area (Å²) in [5.74, 6) is 1.55. The fourth-order valence-electron chi connectivity index (χ4n) is 1.95. The molecule has 96 valence electrons. The van der Waals surface area contributed by atoms with Gasteiger partial charge in [-0.2, -0.15) is 0 Å². The molecule has 1 unspecified atom stereocenters. The molecule has 0 spiro atoms. The minimum Gasteiger partial charge on any atom is -0.359 e. The quantitative estimate of drug-likeness (QED) is 0.774. The van der Waals surface area contributed by atoms with Crippen LogP contribution in [0.5, 0.6) is 0 Å². The first-order valence-electron chi connectivity index (χ1n) is 6.09. The van der Waals surface area contributed by atoms with Crippen molar-refractivity contribution >= 4 is 11.5 Å². The summed E-state index contributed by atoms with van der Waals surface area (Å²) in [6.45, 7) is 3.95. The summed E-state index contributed by atoms with van der Waals surface area (Å²) in [7, 11) is 0. The van der Waals surface area contributed by atoms with E-state index < -0.39 is 0 Å². The van der Waals surface area contributed by atoms with Crippen LogP contribution in [-0.4, -0.2) is 24.6 Å². The molecule has 3 heterocycles. The summed E-state index contributed by atoms with van der Waals surface area (Å²) in [6.07, 6.45) is 5.36. The number of fused-ring (bicyclic) bond motifs is 1. The minimum absolute atomic E-state index is 0.0527. The second-order valence-electron chi connectivity index (χ2n) is 4.34. The van der Waals surface area contributed by atoms with Gasteiger partial charge in [-0.25, -0.2) is 4.98 Å². The second-order valence-corrected chi connectivity index (χ2v) is 4.34. The molecule has 0 aliphatic carbocycles. The van der Waals surface area contributed by atoms with Gasteiger partial charge in [-0.3, -0.25) is 9.38 Å². The average Bonchev–Trinajstić information content (AvgIpc) is 2.83. The molecule has 0 aliphatic heterocycles. The molecule has 0 bridgehead atoms. The molecule has 0 amide bonds. The Morgan fingerprint density at radius 1 is 1.16 bits per heavy atom. The van der Waals surface area contributed by atoms with Crippen LogP contribution in [0, 0.1) is 6.92 Å². The van der Waals surface area contributed by atoms with Crippen LogP contribution in [0.15, 0.2) is 36.8 Å². The summed E-state index contributed by atoms with van der Waals surface area (Å²) in [5, 5.41) is 11.5. The van der Waals surface area contributed by atoms with Crippen molar-refractivity contribution in [1.82, 2.24) is 24.6 Å². The molecule has 6 heteroatoms. The third-order valence-electron chi connectivity index (χ3n) is 2.98. The van der Waals surface area contributed by atoms with Crippen LogP contribution in [0.3, 0.4) is 0 Å². The van der Waals surface area contributed by atoms with E-state index >= 15 is 0 Å². The number of anilines is 1. The number of hydrogen-bond acceptors (Lipinski definition) is 5. The van der Waals surface area contributed by atoms with E-state index in [1.54, 1.807) is 12.4 Å². The van der Waals surface area contributed by atoms with E-state index in [1.165, 1.54) is 0 Å². The zero-order chi connectivity index (χ0) is 13.2. The highest BCUT2D eigenvalue weighted by atomic mass is 15.3. The maximum atomic E-state index is 4.33. The van der Waals surface area contributed by atoms with Crippen LogP contribution in [0.1, 0.15) is 24.5 Å². The van der Waals surface area contributed by atoms with E-state index in [4.69, 9.17) is 0 Å². The number of nitrogens with zero attached hydrogens (tertiary/aromatic N) is 5. The molecule has 0 saturated heterocycles. The van der Waals surface area contributed by atoms with Gasteiger partial charge in [-0.05, 0) is 26.0 Å². The van der Waals surface area contributed by atoms with Crippen LogP contribution in [0.4, 0.5) is 5.82 Å². The van der Waals surface area contributed by atoms with Crippen molar-refractivity contribution in [3.63, 3.8) is 0 Å². The SMILES string of the molecule is Cc1nnc2c(NC(C)c3ccccn3)nccn12. The second kappa shape index (κ2) is 4.64. The zero-order valence-corrected chi connectivity index (χ0v) is 10.8. The van der Waals surface area contributed by atoms with Crippen molar-refractivity contribution in [1.29, 1.82) is 0 Å². The molecule has 3 rings (SSSR count). The molecule has 0 aliphatic rings. The molecule has 3 aromatic heterocycles. The highest BCUT2D eigenvalue weighted by Crippen LogP contribution is 2.18. The first-order chi connectivity index (χ1) is 9.25. The molecule has 1 N–H and O–H groups in total. The Kier molecular flexibility index (Phi) is 2.83. The monoisotopic (exact) mass is 254 g/mol. The van der Waals surface area contributed by atoms with Crippen molar-refractivity contribution in [2.45, 2.75) is 19.9 Å². The molecule has 3 aromatic rings. The van der Waals surface area contributed by atoms with Gasteiger partial charge in [0.15, 0.2) is 5.82 Å². The molecule has 6 nitrogen and oxygen atoms in total. The van der Waals surface area contributed by atoms with Crippen molar-refractivity contribution in [2.24, 2.45) is 0 Å². The van der Waals surface area contributed by atoms with Crippen LogP contribution >= 0.6 is 0 Å². The Morgan fingerprint density at radius 2 is 2.05 bits per heavy atom. The Morgan fingerprint density at radius 3 is 2.84 bits per heavy atom. The summed E-state index contributed by atoms with van der Waals surface area (Å²) in [6, 6.07) is 5.90. The zero-order valence-electron chi connectivity index (χ0n) is 10.8. The number of hydrogen-bond donors (Lipinski definition) is 1. The summed E-state index contributed by atoms with van der Waals surface area (Å²) >= 11 is 0. The van der Waals surface area contributed by atoms with E-state index in [-0.39, 0.29) is 6.04 Å². The first-order valence-corrected chi connectivity index (χ1v) is 6.09. The normalized spacial score (nSPS) is 12.5. The molecule has 1 atom stereocenters. The van der Waals surface area contributed by atoms with Gasteiger partial charge in [-0.1, -0.05) is 6.07 Å². The molecule has 0 fully saturated rings. The number of nitrogens with one attached hydrogen (secondary N) is 1. The Bertz CT molecular complexity index is 691. The van der Waals surface area contributed by atoms with Crippen molar-refractivity contribution in [3.8, 4) is 0 Å². The number of rotatable bonds is 3. The van der Waals surface area contributed by atoms with Crippen molar-refractivity contribution < 1.29 is 0 Å². The lowest BCUT2D eigenvalue weighted by atomic mass is 10.2. The third-order valence-corrected chi connectivity index (χ3v) is 2.98. The largest absolute Gasteiger partial charge is 0.359 e.